The third kappa shape index (κ3) is 5.31. The predicted octanol–water partition coefficient (Wildman–Crippen LogP) is 2.31. The van der Waals surface area contributed by atoms with Gasteiger partial charge in [-0.15, -0.1) is 11.3 Å². The Morgan fingerprint density at radius 2 is 2.20 bits per heavy atom. The summed E-state index contributed by atoms with van der Waals surface area (Å²) in [6, 6.07) is 6.27. The molecule has 0 radical (unpaired) electrons. The van der Waals surface area contributed by atoms with Crippen LogP contribution in [0.2, 0.25) is 0 Å². The molecule has 2 aromatic rings. The average molecular weight is 362 g/mol. The van der Waals surface area contributed by atoms with E-state index in [2.05, 4.69) is 49.7 Å². The molecule has 1 aliphatic rings. The summed E-state index contributed by atoms with van der Waals surface area (Å²) >= 11 is 1.84. The molecule has 3 heterocycles. The van der Waals surface area contributed by atoms with Crippen molar-refractivity contribution in [2.24, 2.45) is 10.9 Å². The molecule has 1 N–H and O–H groups in total. The van der Waals surface area contributed by atoms with Gasteiger partial charge in [0.25, 0.3) is 0 Å². The molecule has 7 heteroatoms. The van der Waals surface area contributed by atoms with Crippen LogP contribution in [0, 0.1) is 5.92 Å². The highest BCUT2D eigenvalue weighted by Crippen LogP contribution is 2.14. The second-order valence-corrected chi connectivity index (χ2v) is 7.60. The highest BCUT2D eigenvalue weighted by molar-refractivity contribution is 7.09. The fraction of sp³-hybridized carbons (Fsp3) is 0.556. The summed E-state index contributed by atoms with van der Waals surface area (Å²) in [7, 11) is 1.87. The predicted molar refractivity (Wildman–Crippen MR) is 102 cm³/mol. The summed E-state index contributed by atoms with van der Waals surface area (Å²) in [5.74, 6) is 1.60. The monoisotopic (exact) mass is 361 g/mol. The number of hydrogen-bond acceptors (Lipinski definition) is 5. The number of nitrogens with zero attached hydrogens (tertiary/aromatic N) is 4. The van der Waals surface area contributed by atoms with Gasteiger partial charge in [-0.3, -0.25) is 9.89 Å². The van der Waals surface area contributed by atoms with Crippen LogP contribution >= 0.6 is 11.3 Å². The van der Waals surface area contributed by atoms with E-state index in [1.165, 1.54) is 4.88 Å². The quantitative estimate of drug-likeness (QED) is 0.632. The van der Waals surface area contributed by atoms with Gasteiger partial charge >= 0.3 is 0 Å². The van der Waals surface area contributed by atoms with Crippen molar-refractivity contribution in [2.75, 3.05) is 39.8 Å². The number of hydrogen-bond donors (Lipinski definition) is 1. The smallest absolute Gasteiger partial charge is 0.193 e. The van der Waals surface area contributed by atoms with Gasteiger partial charge in [-0.2, -0.15) is 0 Å². The number of aliphatic imine (C=N–C) groups is 1. The molecular weight excluding hydrogens is 334 g/mol. The minimum Gasteiger partial charge on any atom is -0.364 e. The molecule has 1 unspecified atom stereocenters. The first-order chi connectivity index (χ1) is 12.2. The highest BCUT2D eigenvalue weighted by Gasteiger charge is 2.20. The molecule has 3 rings (SSSR count). The minimum atomic E-state index is 0.587. The van der Waals surface area contributed by atoms with Crippen LogP contribution in [0.4, 0.5) is 0 Å². The van der Waals surface area contributed by atoms with Crippen LogP contribution in [-0.2, 0) is 13.0 Å². The van der Waals surface area contributed by atoms with Crippen LogP contribution in [0.1, 0.15) is 17.5 Å². The van der Waals surface area contributed by atoms with Crippen LogP contribution in [0.5, 0.6) is 0 Å². The van der Waals surface area contributed by atoms with Crippen molar-refractivity contribution in [2.45, 2.75) is 19.9 Å². The molecule has 25 heavy (non-hydrogen) atoms. The Morgan fingerprint density at radius 3 is 2.84 bits per heavy atom. The Hall–Kier alpha value is -1.86. The lowest BCUT2D eigenvalue weighted by Gasteiger charge is -2.36. The lowest BCUT2D eigenvalue weighted by molar-refractivity contribution is 0.169. The second-order valence-electron chi connectivity index (χ2n) is 6.57. The molecule has 2 aromatic heterocycles. The summed E-state index contributed by atoms with van der Waals surface area (Å²) in [6.45, 7) is 8.08. The molecule has 1 aliphatic heterocycles. The lowest BCUT2D eigenvalue weighted by atomic mass is 10.1. The third-order valence-corrected chi connectivity index (χ3v) is 5.40. The van der Waals surface area contributed by atoms with Gasteiger partial charge in [0.2, 0.25) is 0 Å². The largest absolute Gasteiger partial charge is 0.364 e. The number of nitrogens with one attached hydrogen (secondary N) is 1. The Balaban J connectivity index is 1.41. The zero-order valence-electron chi connectivity index (χ0n) is 15.0. The molecular formula is C18H27N5OS. The maximum Gasteiger partial charge on any atom is 0.193 e. The molecule has 136 valence electrons. The van der Waals surface area contributed by atoms with Crippen molar-refractivity contribution in [3.63, 3.8) is 0 Å². The van der Waals surface area contributed by atoms with Crippen molar-refractivity contribution in [3.05, 3.63) is 40.4 Å². The van der Waals surface area contributed by atoms with Crippen molar-refractivity contribution >= 4 is 17.3 Å². The Morgan fingerprint density at radius 1 is 1.36 bits per heavy atom. The fourth-order valence-corrected chi connectivity index (χ4v) is 3.98. The van der Waals surface area contributed by atoms with Gasteiger partial charge < -0.3 is 14.7 Å². The number of aromatic nitrogens is 1. The van der Waals surface area contributed by atoms with Crippen molar-refractivity contribution in [1.82, 2.24) is 20.3 Å². The first kappa shape index (κ1) is 17.9. The van der Waals surface area contributed by atoms with Crippen LogP contribution in [0.15, 0.2) is 39.4 Å². The van der Waals surface area contributed by atoms with Gasteiger partial charge in [0.05, 0.1) is 5.69 Å². The zero-order chi connectivity index (χ0) is 17.5. The van der Waals surface area contributed by atoms with E-state index in [9.17, 15) is 0 Å². The average Bonchev–Trinajstić information content (AvgIpc) is 3.31. The standard InChI is InChI=1S/C18H27N5OS/c1-15(12-17-4-3-11-25-17)13-20-18(19-2)23-8-6-22(7-9-23)14-16-5-10-24-21-16/h3-5,10-11,15H,6-9,12-14H2,1-2H3,(H,19,20). The fourth-order valence-electron chi connectivity index (χ4n) is 3.11. The molecule has 0 spiro atoms. The highest BCUT2D eigenvalue weighted by atomic mass is 32.1. The first-order valence-electron chi connectivity index (χ1n) is 8.84. The maximum absolute atomic E-state index is 4.91. The second kappa shape index (κ2) is 9.01. The van der Waals surface area contributed by atoms with Crippen molar-refractivity contribution in [3.8, 4) is 0 Å². The Labute approximate surface area is 153 Å². The van der Waals surface area contributed by atoms with Crippen LogP contribution in [-0.4, -0.2) is 60.7 Å². The number of thiophene rings is 1. The molecule has 0 bridgehead atoms. The van der Waals surface area contributed by atoms with Gasteiger partial charge in [0.1, 0.15) is 6.26 Å². The summed E-state index contributed by atoms with van der Waals surface area (Å²) in [5, 5.41) is 9.69. The normalized spacial score (nSPS) is 17.7. The molecule has 1 fully saturated rings. The molecule has 0 amide bonds. The molecule has 6 nitrogen and oxygen atoms in total. The SMILES string of the molecule is CN=C(NCC(C)Cc1cccs1)N1CCN(Cc2ccon2)CC1. The van der Waals surface area contributed by atoms with Crippen molar-refractivity contribution < 1.29 is 4.52 Å². The van der Waals surface area contributed by atoms with E-state index >= 15 is 0 Å². The number of guanidine groups is 1. The summed E-state index contributed by atoms with van der Waals surface area (Å²) in [4.78, 5) is 10.7. The third-order valence-electron chi connectivity index (χ3n) is 4.50. The maximum atomic E-state index is 4.91. The molecule has 0 saturated carbocycles. The van der Waals surface area contributed by atoms with Crippen LogP contribution in [0.25, 0.3) is 0 Å². The van der Waals surface area contributed by atoms with Crippen molar-refractivity contribution in [1.29, 1.82) is 0 Å². The Bertz CT molecular complexity index is 632. The van der Waals surface area contributed by atoms with E-state index in [0.717, 1.165) is 57.3 Å². The van der Waals surface area contributed by atoms with Crippen LogP contribution < -0.4 is 5.32 Å². The van der Waals surface area contributed by atoms with E-state index in [1.54, 1.807) is 6.26 Å². The van der Waals surface area contributed by atoms with Gasteiger partial charge in [-0.05, 0) is 23.8 Å². The van der Waals surface area contributed by atoms with Gasteiger partial charge in [0, 0.05) is 57.3 Å². The zero-order valence-corrected chi connectivity index (χ0v) is 15.8. The van der Waals surface area contributed by atoms with E-state index in [4.69, 9.17) is 4.52 Å². The van der Waals surface area contributed by atoms with Crippen LogP contribution in [0.3, 0.4) is 0 Å². The Kier molecular flexibility index (Phi) is 6.47. The number of rotatable bonds is 6. The topological polar surface area (TPSA) is 56.9 Å². The van der Waals surface area contributed by atoms with E-state index < -0.39 is 0 Å². The van der Waals surface area contributed by atoms with E-state index in [1.807, 2.05) is 24.5 Å². The molecule has 0 aromatic carbocycles. The molecule has 1 atom stereocenters. The summed E-state index contributed by atoms with van der Waals surface area (Å²) < 4.78 is 4.91. The lowest BCUT2D eigenvalue weighted by Crippen LogP contribution is -2.52. The van der Waals surface area contributed by atoms with E-state index in [-0.39, 0.29) is 0 Å². The first-order valence-corrected chi connectivity index (χ1v) is 9.72. The molecule has 1 saturated heterocycles. The minimum absolute atomic E-state index is 0.587. The number of piperazine rings is 1. The van der Waals surface area contributed by atoms with E-state index in [0.29, 0.717) is 5.92 Å². The summed E-state index contributed by atoms with van der Waals surface area (Å²) in [5.41, 5.74) is 0.998. The van der Waals surface area contributed by atoms with Gasteiger partial charge in [-0.1, -0.05) is 18.1 Å². The molecule has 0 aliphatic carbocycles. The van der Waals surface area contributed by atoms with Gasteiger partial charge in [0.15, 0.2) is 5.96 Å². The summed E-state index contributed by atoms with van der Waals surface area (Å²) in [6.07, 6.45) is 2.75. The van der Waals surface area contributed by atoms with Gasteiger partial charge in [-0.25, -0.2) is 0 Å².